The van der Waals surface area contributed by atoms with Gasteiger partial charge in [0.05, 0.1) is 31.3 Å². The third-order valence-electron chi connectivity index (χ3n) is 9.14. The molecular weight excluding hydrogens is 564 g/mol. The summed E-state index contributed by atoms with van der Waals surface area (Å²) in [6.45, 7) is 8.82. The number of amides is 2. The van der Waals surface area contributed by atoms with Crippen LogP contribution in [0.15, 0.2) is 60.7 Å². The summed E-state index contributed by atoms with van der Waals surface area (Å²) in [6.07, 6.45) is 2.53. The molecule has 0 bridgehead atoms. The van der Waals surface area contributed by atoms with Gasteiger partial charge in [0.2, 0.25) is 11.8 Å². The summed E-state index contributed by atoms with van der Waals surface area (Å²) in [5.74, 6) is 1.31. The molecule has 2 aliphatic rings. The van der Waals surface area contributed by atoms with Crippen LogP contribution in [0.25, 0.3) is 0 Å². The summed E-state index contributed by atoms with van der Waals surface area (Å²) in [5.41, 5.74) is 3.25. The lowest BCUT2D eigenvalue weighted by Crippen LogP contribution is -2.43. The molecule has 3 aromatic rings. The molecule has 1 N–H and O–H groups in total. The highest BCUT2D eigenvalue weighted by molar-refractivity contribution is 6.30. The fourth-order valence-electron chi connectivity index (χ4n) is 6.33. The van der Waals surface area contributed by atoms with Crippen LogP contribution in [0.5, 0.6) is 11.5 Å². The molecule has 1 fully saturated rings. The van der Waals surface area contributed by atoms with Gasteiger partial charge in [0, 0.05) is 30.7 Å². The summed E-state index contributed by atoms with van der Waals surface area (Å²) in [6, 6.07) is 18.8. The van der Waals surface area contributed by atoms with E-state index >= 15 is 0 Å². The monoisotopic (exact) mass is 604 g/mol. The number of hydrogen-bond acceptors (Lipinski definition) is 5. The number of anilines is 1. The molecule has 0 radical (unpaired) electrons. The number of piperidine rings is 1. The molecule has 228 valence electrons. The molecule has 0 aromatic heterocycles. The third-order valence-corrected chi connectivity index (χ3v) is 9.39. The van der Waals surface area contributed by atoms with Crippen LogP contribution in [-0.4, -0.2) is 48.1 Å². The Kier molecular flexibility index (Phi) is 9.04. The zero-order valence-corrected chi connectivity index (χ0v) is 26.4. The van der Waals surface area contributed by atoms with Crippen molar-refractivity contribution >= 4 is 29.1 Å². The van der Waals surface area contributed by atoms with Gasteiger partial charge in [0.25, 0.3) is 0 Å². The molecule has 3 atom stereocenters. The number of methoxy groups -OCH3 is 1. The van der Waals surface area contributed by atoms with E-state index in [9.17, 15) is 14.7 Å². The maximum absolute atomic E-state index is 13.9. The van der Waals surface area contributed by atoms with Crippen LogP contribution < -0.4 is 14.4 Å². The number of carbonyl (C=O) groups is 2. The van der Waals surface area contributed by atoms with Crippen LogP contribution in [0, 0.1) is 5.92 Å². The van der Waals surface area contributed by atoms with Crippen molar-refractivity contribution in [1.29, 1.82) is 0 Å². The molecule has 0 aliphatic carbocycles. The van der Waals surface area contributed by atoms with Crippen LogP contribution in [-0.2, 0) is 21.6 Å². The van der Waals surface area contributed by atoms with E-state index in [0.717, 1.165) is 47.2 Å². The molecule has 5 rings (SSSR count). The molecule has 2 aliphatic heterocycles. The molecular formula is C35H41ClN2O5. The molecule has 1 unspecified atom stereocenters. The summed E-state index contributed by atoms with van der Waals surface area (Å²) >= 11 is 6.26. The van der Waals surface area contributed by atoms with Crippen molar-refractivity contribution < 1.29 is 24.2 Å². The van der Waals surface area contributed by atoms with Gasteiger partial charge in [-0.1, -0.05) is 42.8 Å². The number of rotatable bonds is 8. The van der Waals surface area contributed by atoms with Crippen molar-refractivity contribution in [3.05, 3.63) is 87.9 Å². The second-order valence-electron chi connectivity index (χ2n) is 11.9. The molecule has 7 nitrogen and oxygen atoms in total. The van der Waals surface area contributed by atoms with Crippen molar-refractivity contribution in [1.82, 2.24) is 4.90 Å². The SMILES string of the molecule is CC[C@@H](C)Oc1cc2c(cc1OC)CC(=O)N(c1ccc([C@@](C)(O)C3CCN(C(C)=O)CC3)cc1)C2c1ccc(Cl)cc1. The van der Waals surface area contributed by atoms with E-state index in [1.165, 1.54) is 0 Å². The molecule has 3 aromatic carbocycles. The first-order valence-electron chi connectivity index (χ1n) is 15.1. The molecule has 2 heterocycles. The average molecular weight is 605 g/mol. The number of aliphatic hydroxyl groups is 1. The van der Waals surface area contributed by atoms with E-state index in [2.05, 4.69) is 6.92 Å². The minimum absolute atomic E-state index is 0.00251. The largest absolute Gasteiger partial charge is 0.493 e. The van der Waals surface area contributed by atoms with Crippen molar-refractivity contribution in [3.63, 3.8) is 0 Å². The molecule has 0 spiro atoms. The van der Waals surface area contributed by atoms with E-state index in [-0.39, 0.29) is 30.3 Å². The highest BCUT2D eigenvalue weighted by Crippen LogP contribution is 2.44. The van der Waals surface area contributed by atoms with Gasteiger partial charge >= 0.3 is 0 Å². The van der Waals surface area contributed by atoms with Crippen LogP contribution in [0.2, 0.25) is 5.02 Å². The van der Waals surface area contributed by atoms with Crippen LogP contribution in [0.4, 0.5) is 5.69 Å². The Morgan fingerprint density at radius 3 is 2.30 bits per heavy atom. The molecule has 0 saturated carbocycles. The van der Waals surface area contributed by atoms with Gasteiger partial charge in [0.1, 0.15) is 0 Å². The number of ether oxygens (including phenoxy) is 2. The van der Waals surface area contributed by atoms with E-state index in [1.54, 1.807) is 14.0 Å². The van der Waals surface area contributed by atoms with Gasteiger partial charge in [0.15, 0.2) is 11.5 Å². The maximum atomic E-state index is 13.9. The predicted molar refractivity (Wildman–Crippen MR) is 169 cm³/mol. The third kappa shape index (κ3) is 6.24. The number of fused-ring (bicyclic) bond motifs is 1. The Labute approximate surface area is 259 Å². The van der Waals surface area contributed by atoms with E-state index < -0.39 is 11.6 Å². The Hall–Kier alpha value is -3.55. The molecule has 8 heteroatoms. The van der Waals surface area contributed by atoms with Gasteiger partial charge in [-0.2, -0.15) is 0 Å². The number of benzene rings is 3. The molecule has 43 heavy (non-hydrogen) atoms. The number of halogens is 1. The highest BCUT2D eigenvalue weighted by Gasteiger charge is 2.38. The lowest BCUT2D eigenvalue weighted by atomic mass is 9.77. The lowest BCUT2D eigenvalue weighted by Gasteiger charge is -2.40. The minimum atomic E-state index is -1.06. The van der Waals surface area contributed by atoms with Crippen molar-refractivity contribution in [2.75, 3.05) is 25.1 Å². The first-order valence-corrected chi connectivity index (χ1v) is 15.4. The van der Waals surface area contributed by atoms with Gasteiger partial charge in [-0.05, 0) is 97.7 Å². The number of nitrogens with zero attached hydrogens (tertiary/aromatic N) is 2. The van der Waals surface area contributed by atoms with Crippen LogP contribution in [0.1, 0.15) is 75.3 Å². The van der Waals surface area contributed by atoms with Gasteiger partial charge in [-0.3, -0.25) is 9.59 Å². The number of likely N-dealkylation sites (tertiary alicyclic amines) is 1. The quantitative estimate of drug-likeness (QED) is 0.311. The maximum Gasteiger partial charge on any atom is 0.232 e. The molecule has 2 amide bonds. The molecule has 1 saturated heterocycles. The minimum Gasteiger partial charge on any atom is -0.493 e. The van der Waals surface area contributed by atoms with Gasteiger partial charge in [-0.15, -0.1) is 0 Å². The van der Waals surface area contributed by atoms with Gasteiger partial charge in [-0.25, -0.2) is 0 Å². The normalized spacial score (nSPS) is 19.4. The standard InChI is InChI=1S/C35H41ClN2O5/c1-6-22(2)43-32-21-30-25(19-31(32)42-5)20-33(40)38(34(30)24-7-11-28(36)12-8-24)29-13-9-26(10-14-29)35(4,41)27-15-17-37(18-16-27)23(3)39/h7-14,19,21-22,27,34,41H,6,15-18,20H2,1-5H3/t22-,34?,35-/m1/s1. The lowest BCUT2D eigenvalue weighted by molar-refractivity contribution is -0.132. The van der Waals surface area contributed by atoms with Crippen LogP contribution >= 0.6 is 11.6 Å². The van der Waals surface area contributed by atoms with E-state index in [4.69, 9.17) is 21.1 Å². The Bertz CT molecular complexity index is 1460. The van der Waals surface area contributed by atoms with E-state index in [0.29, 0.717) is 29.6 Å². The summed E-state index contributed by atoms with van der Waals surface area (Å²) in [5, 5.41) is 12.2. The van der Waals surface area contributed by atoms with Crippen molar-refractivity contribution in [3.8, 4) is 11.5 Å². The zero-order chi connectivity index (χ0) is 30.9. The summed E-state index contributed by atoms with van der Waals surface area (Å²) < 4.78 is 11.9. The smallest absolute Gasteiger partial charge is 0.232 e. The van der Waals surface area contributed by atoms with E-state index in [1.807, 2.05) is 84.3 Å². The Morgan fingerprint density at radius 1 is 1.07 bits per heavy atom. The second-order valence-corrected chi connectivity index (χ2v) is 12.3. The first kappa shape index (κ1) is 30.9. The summed E-state index contributed by atoms with van der Waals surface area (Å²) in [4.78, 5) is 29.3. The fraction of sp³-hybridized carbons (Fsp3) is 0.429. The highest BCUT2D eigenvalue weighted by atomic mass is 35.5. The Morgan fingerprint density at radius 2 is 1.72 bits per heavy atom. The summed E-state index contributed by atoms with van der Waals surface area (Å²) in [7, 11) is 1.61. The number of hydrogen-bond donors (Lipinski definition) is 1. The van der Waals surface area contributed by atoms with Crippen molar-refractivity contribution in [2.45, 2.75) is 71.1 Å². The average Bonchev–Trinajstić information content (AvgIpc) is 3.00. The predicted octanol–water partition coefficient (Wildman–Crippen LogP) is 6.67. The van der Waals surface area contributed by atoms with Gasteiger partial charge < -0.3 is 24.4 Å². The Balaban J connectivity index is 1.52. The fourth-order valence-corrected chi connectivity index (χ4v) is 6.45. The topological polar surface area (TPSA) is 79.3 Å². The second kappa shape index (κ2) is 12.6. The van der Waals surface area contributed by atoms with Crippen LogP contribution in [0.3, 0.4) is 0 Å². The first-order chi connectivity index (χ1) is 20.5. The number of carbonyl (C=O) groups excluding carboxylic acids is 2. The zero-order valence-electron chi connectivity index (χ0n) is 25.6. The van der Waals surface area contributed by atoms with Crippen molar-refractivity contribution in [2.24, 2.45) is 5.92 Å².